The molecular weight excluding hydrogens is 352 g/mol. The third kappa shape index (κ3) is 5.27. The summed E-state index contributed by atoms with van der Waals surface area (Å²) in [4.78, 5) is 23.9. The minimum atomic E-state index is -0.476. The highest BCUT2D eigenvalue weighted by atomic mass is 16.3. The van der Waals surface area contributed by atoms with Gasteiger partial charge in [-0.3, -0.25) is 9.59 Å². The quantitative estimate of drug-likeness (QED) is 0.308. The van der Waals surface area contributed by atoms with Gasteiger partial charge in [0.05, 0.1) is 11.1 Å². The van der Waals surface area contributed by atoms with E-state index in [1.807, 2.05) is 0 Å². The molecule has 0 fully saturated rings. The average molecular weight is 374 g/mol. The second-order valence-electron chi connectivity index (χ2n) is 5.92. The van der Waals surface area contributed by atoms with E-state index in [4.69, 9.17) is 0 Å². The number of carbonyl (C=O) groups is 2. The number of aromatic hydroxyl groups is 4. The molecule has 0 aliphatic rings. The van der Waals surface area contributed by atoms with E-state index in [0.29, 0.717) is 25.9 Å². The fourth-order valence-corrected chi connectivity index (χ4v) is 2.45. The third-order valence-electron chi connectivity index (χ3n) is 3.94. The lowest BCUT2D eigenvalue weighted by Gasteiger charge is -2.09. The molecule has 0 aromatic heterocycles. The lowest BCUT2D eigenvalue weighted by molar-refractivity contribution is 0.0944. The largest absolute Gasteiger partial charge is 0.504 e. The molecule has 8 nitrogen and oxygen atoms in total. The minimum Gasteiger partial charge on any atom is -0.504 e. The summed E-state index contributed by atoms with van der Waals surface area (Å²) in [6.45, 7) is 0.768. The molecule has 2 rings (SSSR count). The highest BCUT2D eigenvalue weighted by Crippen LogP contribution is 2.28. The number of nitrogens with one attached hydrogen (secondary N) is 2. The molecule has 2 aromatic carbocycles. The van der Waals surface area contributed by atoms with E-state index < -0.39 is 23.3 Å². The van der Waals surface area contributed by atoms with E-state index in [1.54, 1.807) is 0 Å². The van der Waals surface area contributed by atoms with Gasteiger partial charge in [-0.2, -0.15) is 0 Å². The number of benzene rings is 2. The number of unbranched alkanes of at least 4 members (excludes halogenated alkanes) is 2. The first-order valence-electron chi connectivity index (χ1n) is 8.50. The molecule has 0 saturated carbocycles. The van der Waals surface area contributed by atoms with Crippen LogP contribution in [0.5, 0.6) is 23.0 Å². The van der Waals surface area contributed by atoms with Crippen molar-refractivity contribution in [1.29, 1.82) is 0 Å². The number of hydrogen-bond donors (Lipinski definition) is 6. The van der Waals surface area contributed by atoms with Crippen molar-refractivity contribution in [3.63, 3.8) is 0 Å². The highest BCUT2D eigenvalue weighted by molar-refractivity contribution is 5.98. The topological polar surface area (TPSA) is 139 Å². The van der Waals surface area contributed by atoms with Crippen LogP contribution in [0.25, 0.3) is 0 Å². The van der Waals surface area contributed by atoms with E-state index in [1.165, 1.54) is 36.4 Å². The Morgan fingerprint density at radius 3 is 1.48 bits per heavy atom. The summed E-state index contributed by atoms with van der Waals surface area (Å²) in [6, 6.07) is 8.34. The van der Waals surface area contributed by atoms with Crippen molar-refractivity contribution >= 4 is 11.8 Å². The highest BCUT2D eigenvalue weighted by Gasteiger charge is 2.14. The Morgan fingerprint density at radius 2 is 1.07 bits per heavy atom. The fourth-order valence-electron chi connectivity index (χ4n) is 2.45. The smallest absolute Gasteiger partial charge is 0.255 e. The number of phenols is 4. The van der Waals surface area contributed by atoms with Crippen molar-refractivity contribution in [1.82, 2.24) is 10.6 Å². The van der Waals surface area contributed by atoms with Crippen LogP contribution in [0.1, 0.15) is 40.0 Å². The van der Waals surface area contributed by atoms with Gasteiger partial charge in [-0.15, -0.1) is 0 Å². The Bertz CT molecular complexity index is 754. The van der Waals surface area contributed by atoms with E-state index >= 15 is 0 Å². The van der Waals surface area contributed by atoms with Crippen LogP contribution in [0, 0.1) is 0 Å². The van der Waals surface area contributed by atoms with Crippen LogP contribution in [-0.2, 0) is 0 Å². The normalized spacial score (nSPS) is 10.4. The Balaban J connectivity index is 1.65. The Hall–Kier alpha value is -3.42. The molecule has 27 heavy (non-hydrogen) atoms. The van der Waals surface area contributed by atoms with Gasteiger partial charge in [0.1, 0.15) is 0 Å². The van der Waals surface area contributed by atoms with Gasteiger partial charge in [0.15, 0.2) is 23.0 Å². The number of phenolic OH excluding ortho intramolecular Hbond substituents is 4. The molecule has 2 amide bonds. The minimum absolute atomic E-state index is 0.00758. The monoisotopic (exact) mass is 374 g/mol. The van der Waals surface area contributed by atoms with E-state index in [0.717, 1.165) is 6.42 Å². The summed E-state index contributed by atoms with van der Waals surface area (Å²) in [5.74, 6) is -2.56. The predicted molar refractivity (Wildman–Crippen MR) is 98.1 cm³/mol. The van der Waals surface area contributed by atoms with E-state index in [2.05, 4.69) is 10.6 Å². The molecule has 0 saturated heterocycles. The molecule has 0 spiro atoms. The summed E-state index contributed by atoms with van der Waals surface area (Å²) in [6.07, 6.45) is 2.07. The molecule has 6 N–H and O–H groups in total. The standard InChI is InChI=1S/C19H22N2O6/c22-14-8-4-6-12(16(14)24)18(26)20-10-2-1-3-11-21-19(27)13-7-5-9-15(23)17(13)25/h4-9,22-25H,1-3,10-11H2,(H,20,26)(H,21,27). The maximum absolute atomic E-state index is 11.9. The Morgan fingerprint density at radius 1 is 0.667 bits per heavy atom. The summed E-state index contributed by atoms with van der Waals surface area (Å²) in [7, 11) is 0. The number of para-hydroxylation sites is 2. The maximum atomic E-state index is 11.9. The molecule has 144 valence electrons. The zero-order valence-electron chi connectivity index (χ0n) is 14.6. The summed E-state index contributed by atoms with van der Waals surface area (Å²) >= 11 is 0. The van der Waals surface area contributed by atoms with Crippen LogP contribution in [0.4, 0.5) is 0 Å². The van der Waals surface area contributed by atoms with Gasteiger partial charge in [0.25, 0.3) is 11.8 Å². The zero-order valence-corrected chi connectivity index (χ0v) is 14.6. The lowest BCUT2D eigenvalue weighted by atomic mass is 10.1. The first-order valence-corrected chi connectivity index (χ1v) is 8.50. The van der Waals surface area contributed by atoms with Crippen LogP contribution < -0.4 is 10.6 Å². The molecule has 0 aliphatic carbocycles. The SMILES string of the molecule is O=C(NCCCCCNC(=O)c1cccc(O)c1O)c1cccc(O)c1O. The fraction of sp³-hybridized carbons (Fsp3) is 0.263. The molecule has 0 heterocycles. The van der Waals surface area contributed by atoms with Crippen molar-refractivity contribution in [2.75, 3.05) is 13.1 Å². The molecule has 0 atom stereocenters. The van der Waals surface area contributed by atoms with Gasteiger partial charge < -0.3 is 31.1 Å². The van der Waals surface area contributed by atoms with Crippen LogP contribution in [0.3, 0.4) is 0 Å². The number of hydrogen-bond acceptors (Lipinski definition) is 6. The van der Waals surface area contributed by atoms with Crippen LogP contribution in [0.15, 0.2) is 36.4 Å². The summed E-state index contributed by atoms with van der Waals surface area (Å²) in [5, 5.41) is 43.3. The third-order valence-corrected chi connectivity index (χ3v) is 3.94. The Kier molecular flexibility index (Phi) is 6.87. The van der Waals surface area contributed by atoms with E-state index in [9.17, 15) is 30.0 Å². The predicted octanol–water partition coefficient (Wildman–Crippen LogP) is 1.84. The summed E-state index contributed by atoms with van der Waals surface area (Å²) in [5.41, 5.74) is 0.0152. The van der Waals surface area contributed by atoms with Gasteiger partial charge in [-0.1, -0.05) is 12.1 Å². The van der Waals surface area contributed by atoms with Gasteiger partial charge in [0, 0.05) is 13.1 Å². The number of rotatable bonds is 8. The first-order chi connectivity index (χ1) is 12.9. The second kappa shape index (κ2) is 9.33. The van der Waals surface area contributed by atoms with Crippen molar-refractivity contribution in [3.8, 4) is 23.0 Å². The molecule has 0 bridgehead atoms. The molecular formula is C19H22N2O6. The van der Waals surface area contributed by atoms with Crippen LogP contribution in [-0.4, -0.2) is 45.3 Å². The van der Waals surface area contributed by atoms with Crippen LogP contribution in [0.2, 0.25) is 0 Å². The van der Waals surface area contributed by atoms with Crippen molar-refractivity contribution < 1.29 is 30.0 Å². The van der Waals surface area contributed by atoms with Gasteiger partial charge >= 0.3 is 0 Å². The van der Waals surface area contributed by atoms with Gasteiger partial charge in [-0.05, 0) is 43.5 Å². The molecule has 0 radical (unpaired) electrons. The molecule has 0 unspecified atom stereocenters. The van der Waals surface area contributed by atoms with Crippen molar-refractivity contribution in [2.45, 2.75) is 19.3 Å². The second-order valence-corrected chi connectivity index (χ2v) is 5.92. The first kappa shape index (κ1) is 19.9. The molecule has 2 aromatic rings. The van der Waals surface area contributed by atoms with Crippen molar-refractivity contribution in [3.05, 3.63) is 47.5 Å². The summed E-state index contributed by atoms with van der Waals surface area (Å²) < 4.78 is 0. The Labute approximate surface area is 156 Å². The average Bonchev–Trinajstić information content (AvgIpc) is 2.65. The number of carbonyl (C=O) groups excluding carboxylic acids is 2. The maximum Gasteiger partial charge on any atom is 0.255 e. The lowest BCUT2D eigenvalue weighted by Crippen LogP contribution is -2.26. The van der Waals surface area contributed by atoms with Gasteiger partial charge in [-0.25, -0.2) is 0 Å². The molecule has 0 aliphatic heterocycles. The zero-order chi connectivity index (χ0) is 19.8. The van der Waals surface area contributed by atoms with E-state index in [-0.39, 0.29) is 22.6 Å². The number of amides is 2. The van der Waals surface area contributed by atoms with Crippen molar-refractivity contribution in [2.24, 2.45) is 0 Å². The molecule has 8 heteroatoms. The van der Waals surface area contributed by atoms with Gasteiger partial charge in [0.2, 0.25) is 0 Å². The van der Waals surface area contributed by atoms with Crippen LogP contribution >= 0.6 is 0 Å².